The van der Waals surface area contributed by atoms with Crippen LogP contribution in [0.1, 0.15) is 30.9 Å². The summed E-state index contributed by atoms with van der Waals surface area (Å²) in [6.07, 6.45) is 3.88. The number of methoxy groups -OCH3 is 1. The normalized spacial score (nSPS) is 30.9. The molecule has 3 unspecified atom stereocenters. The zero-order chi connectivity index (χ0) is 12.7. The number of benzene rings is 1. The van der Waals surface area contributed by atoms with Gasteiger partial charge in [-0.05, 0) is 50.1 Å². The van der Waals surface area contributed by atoms with Gasteiger partial charge in [0, 0.05) is 11.6 Å². The summed E-state index contributed by atoms with van der Waals surface area (Å²) >= 11 is 0. The predicted octanol–water partition coefficient (Wildman–Crippen LogP) is 3.14. The van der Waals surface area contributed by atoms with Gasteiger partial charge in [0.15, 0.2) is 11.6 Å². The van der Waals surface area contributed by atoms with Gasteiger partial charge >= 0.3 is 0 Å². The molecule has 1 N–H and O–H groups in total. The molecule has 18 heavy (non-hydrogen) atoms. The number of hydrogen-bond donors (Lipinski definition) is 1. The zero-order valence-corrected chi connectivity index (χ0v) is 10.9. The van der Waals surface area contributed by atoms with Crippen molar-refractivity contribution in [2.75, 3.05) is 14.2 Å². The molecule has 0 amide bonds. The highest BCUT2D eigenvalue weighted by Crippen LogP contribution is 2.57. The Morgan fingerprint density at radius 2 is 2.00 bits per heavy atom. The number of ether oxygens (including phenoxy) is 1. The van der Waals surface area contributed by atoms with E-state index in [1.54, 1.807) is 6.07 Å². The average molecular weight is 249 g/mol. The Labute approximate surface area is 108 Å². The van der Waals surface area contributed by atoms with E-state index in [0.29, 0.717) is 11.7 Å². The first-order valence-electron chi connectivity index (χ1n) is 6.74. The van der Waals surface area contributed by atoms with Crippen LogP contribution in [0.5, 0.6) is 5.75 Å². The minimum Gasteiger partial charge on any atom is -0.494 e. The quantitative estimate of drug-likeness (QED) is 0.885. The van der Waals surface area contributed by atoms with Gasteiger partial charge in [0.25, 0.3) is 0 Å². The minimum atomic E-state index is -0.208. The van der Waals surface area contributed by atoms with Crippen LogP contribution in [0.15, 0.2) is 18.2 Å². The molecule has 98 valence electrons. The topological polar surface area (TPSA) is 21.3 Å². The number of fused-ring (bicyclic) bond motifs is 1. The van der Waals surface area contributed by atoms with E-state index in [1.807, 2.05) is 19.2 Å². The average Bonchev–Trinajstić information content (AvgIpc) is 3.00. The standard InChI is InChI=1S/C15H20FNO/c1-17-15(11-7-9-6-10(9)8-11)12-4-3-5-13(18-2)14(12)16/h3-5,9-11,15,17H,6-8H2,1-2H3. The van der Waals surface area contributed by atoms with Crippen LogP contribution in [0.3, 0.4) is 0 Å². The van der Waals surface area contributed by atoms with Crippen LogP contribution in [-0.2, 0) is 0 Å². The first kappa shape index (κ1) is 12.0. The lowest BCUT2D eigenvalue weighted by Gasteiger charge is -2.25. The molecule has 3 heteroatoms. The second kappa shape index (κ2) is 4.54. The van der Waals surface area contributed by atoms with Crippen LogP contribution in [0, 0.1) is 23.6 Å². The Morgan fingerprint density at radius 3 is 2.61 bits per heavy atom. The van der Waals surface area contributed by atoms with Crippen LogP contribution >= 0.6 is 0 Å². The van der Waals surface area contributed by atoms with Crippen LogP contribution in [0.2, 0.25) is 0 Å². The molecule has 0 aromatic heterocycles. The summed E-state index contributed by atoms with van der Waals surface area (Å²) in [5, 5.41) is 3.30. The molecule has 0 heterocycles. The van der Waals surface area contributed by atoms with Crippen molar-refractivity contribution in [1.82, 2.24) is 5.32 Å². The third-order valence-corrected chi connectivity index (χ3v) is 4.61. The van der Waals surface area contributed by atoms with Crippen molar-refractivity contribution in [2.45, 2.75) is 25.3 Å². The second-order valence-corrected chi connectivity index (χ2v) is 5.62. The van der Waals surface area contributed by atoms with Crippen molar-refractivity contribution >= 4 is 0 Å². The van der Waals surface area contributed by atoms with Crippen LogP contribution in [0.25, 0.3) is 0 Å². The van der Waals surface area contributed by atoms with Gasteiger partial charge in [-0.25, -0.2) is 4.39 Å². The Hall–Kier alpha value is -1.09. The molecular formula is C15H20FNO. The highest BCUT2D eigenvalue weighted by Gasteiger charge is 2.48. The fraction of sp³-hybridized carbons (Fsp3) is 0.600. The molecule has 2 nitrogen and oxygen atoms in total. The van der Waals surface area contributed by atoms with E-state index in [2.05, 4.69) is 5.32 Å². The van der Waals surface area contributed by atoms with Crippen molar-refractivity contribution in [3.63, 3.8) is 0 Å². The van der Waals surface area contributed by atoms with Gasteiger partial charge in [-0.3, -0.25) is 0 Å². The van der Waals surface area contributed by atoms with Crippen molar-refractivity contribution in [1.29, 1.82) is 0 Å². The van der Waals surface area contributed by atoms with Gasteiger partial charge in [-0.2, -0.15) is 0 Å². The number of rotatable bonds is 4. The van der Waals surface area contributed by atoms with E-state index in [9.17, 15) is 4.39 Å². The van der Waals surface area contributed by atoms with E-state index in [-0.39, 0.29) is 11.9 Å². The summed E-state index contributed by atoms with van der Waals surface area (Å²) in [5.41, 5.74) is 0.753. The lowest BCUT2D eigenvalue weighted by atomic mass is 9.89. The molecule has 2 fully saturated rings. The maximum atomic E-state index is 14.3. The monoisotopic (exact) mass is 249 g/mol. The summed E-state index contributed by atoms with van der Waals surface area (Å²) in [7, 11) is 3.44. The molecule has 1 aromatic carbocycles. The summed E-state index contributed by atoms with van der Waals surface area (Å²) < 4.78 is 19.4. The Morgan fingerprint density at radius 1 is 1.28 bits per heavy atom. The van der Waals surface area contributed by atoms with Crippen LogP contribution in [-0.4, -0.2) is 14.2 Å². The number of nitrogens with one attached hydrogen (secondary N) is 1. The van der Waals surface area contributed by atoms with Crippen molar-refractivity contribution in [3.05, 3.63) is 29.6 Å². The van der Waals surface area contributed by atoms with Gasteiger partial charge in [0.1, 0.15) is 0 Å². The van der Waals surface area contributed by atoms with Gasteiger partial charge in [-0.1, -0.05) is 12.1 Å². The molecule has 1 aromatic rings. The summed E-state index contributed by atoms with van der Waals surface area (Å²) in [5.74, 6) is 2.54. The maximum Gasteiger partial charge on any atom is 0.169 e. The second-order valence-electron chi connectivity index (χ2n) is 5.62. The van der Waals surface area contributed by atoms with Crippen molar-refractivity contribution < 1.29 is 9.13 Å². The van der Waals surface area contributed by atoms with E-state index in [0.717, 1.165) is 17.4 Å². The molecule has 2 saturated carbocycles. The molecule has 2 aliphatic carbocycles. The van der Waals surface area contributed by atoms with E-state index >= 15 is 0 Å². The SMILES string of the molecule is CNC(c1cccc(OC)c1F)C1CC2CC2C1. The number of hydrogen-bond acceptors (Lipinski definition) is 2. The summed E-state index contributed by atoms with van der Waals surface area (Å²) in [4.78, 5) is 0. The fourth-order valence-corrected chi connectivity index (χ4v) is 3.60. The van der Waals surface area contributed by atoms with E-state index < -0.39 is 0 Å². The third-order valence-electron chi connectivity index (χ3n) is 4.61. The molecule has 0 spiro atoms. The van der Waals surface area contributed by atoms with E-state index in [4.69, 9.17) is 4.74 Å². The molecule has 0 aliphatic heterocycles. The first-order chi connectivity index (χ1) is 8.74. The smallest absolute Gasteiger partial charge is 0.169 e. The Bertz CT molecular complexity index is 438. The van der Waals surface area contributed by atoms with Gasteiger partial charge in [-0.15, -0.1) is 0 Å². The third kappa shape index (κ3) is 1.91. The van der Waals surface area contributed by atoms with Gasteiger partial charge < -0.3 is 10.1 Å². The summed E-state index contributed by atoms with van der Waals surface area (Å²) in [6, 6.07) is 5.55. The van der Waals surface area contributed by atoms with Gasteiger partial charge in [0.2, 0.25) is 0 Å². The van der Waals surface area contributed by atoms with Crippen LogP contribution < -0.4 is 10.1 Å². The molecule has 0 bridgehead atoms. The lowest BCUT2D eigenvalue weighted by molar-refractivity contribution is 0.338. The number of halogens is 1. The predicted molar refractivity (Wildman–Crippen MR) is 69.1 cm³/mol. The first-order valence-corrected chi connectivity index (χ1v) is 6.74. The summed E-state index contributed by atoms with van der Waals surface area (Å²) in [6.45, 7) is 0. The molecule has 0 saturated heterocycles. The van der Waals surface area contributed by atoms with E-state index in [1.165, 1.54) is 26.4 Å². The fourth-order valence-electron chi connectivity index (χ4n) is 3.60. The maximum absolute atomic E-state index is 14.3. The minimum absolute atomic E-state index is 0.118. The largest absolute Gasteiger partial charge is 0.494 e. The zero-order valence-electron chi connectivity index (χ0n) is 10.9. The molecule has 2 aliphatic rings. The molecular weight excluding hydrogens is 229 g/mol. The molecule has 3 atom stereocenters. The Balaban J connectivity index is 1.86. The Kier molecular flexibility index (Phi) is 3.02. The molecule has 3 rings (SSSR count). The molecule has 0 radical (unpaired) electrons. The lowest BCUT2D eigenvalue weighted by Crippen LogP contribution is -2.25. The highest BCUT2D eigenvalue weighted by molar-refractivity contribution is 5.33. The van der Waals surface area contributed by atoms with Crippen molar-refractivity contribution in [3.8, 4) is 5.75 Å². The van der Waals surface area contributed by atoms with Crippen molar-refractivity contribution in [2.24, 2.45) is 17.8 Å². The van der Waals surface area contributed by atoms with Crippen LogP contribution in [0.4, 0.5) is 4.39 Å². The highest BCUT2D eigenvalue weighted by atomic mass is 19.1. The van der Waals surface area contributed by atoms with Gasteiger partial charge in [0.05, 0.1) is 7.11 Å².